The molecule has 3 heteroatoms. The van der Waals surface area contributed by atoms with Crippen molar-refractivity contribution in [3.05, 3.63) is 0 Å². The average molecular weight is 223 g/mol. The van der Waals surface area contributed by atoms with Crippen LogP contribution in [0.25, 0.3) is 0 Å². The Morgan fingerprint density at radius 1 is 1.44 bits per heavy atom. The standard InChI is InChI=1S/C13H25N3/c1-4-14-13(15-12-8-11(12)3)16-7-5-6-10(2)9-16/h10-12H,4-9H2,1-3H3,(H,14,15). The molecule has 2 fully saturated rings. The molecule has 2 aliphatic rings. The minimum atomic E-state index is 0.683. The molecule has 1 saturated heterocycles. The third-order valence-corrected chi connectivity index (χ3v) is 3.69. The highest BCUT2D eigenvalue weighted by Crippen LogP contribution is 2.29. The van der Waals surface area contributed by atoms with Gasteiger partial charge in [-0.2, -0.15) is 0 Å². The predicted octanol–water partition coefficient (Wildman–Crippen LogP) is 2.09. The minimum Gasteiger partial charge on any atom is -0.353 e. The first-order valence-electron chi connectivity index (χ1n) is 6.76. The van der Waals surface area contributed by atoms with Crippen LogP contribution in [0.4, 0.5) is 0 Å². The fourth-order valence-corrected chi connectivity index (χ4v) is 2.46. The largest absolute Gasteiger partial charge is 0.353 e. The van der Waals surface area contributed by atoms with E-state index in [1.165, 1.54) is 32.4 Å². The number of hydrogen-bond donors (Lipinski definition) is 1. The molecule has 16 heavy (non-hydrogen) atoms. The molecule has 3 atom stereocenters. The van der Waals surface area contributed by atoms with Gasteiger partial charge in [-0.1, -0.05) is 13.8 Å². The van der Waals surface area contributed by atoms with Gasteiger partial charge in [0.25, 0.3) is 0 Å². The number of nitrogens with one attached hydrogen (secondary N) is 1. The molecule has 3 nitrogen and oxygen atoms in total. The molecule has 0 aromatic rings. The van der Waals surface area contributed by atoms with Crippen LogP contribution in [0.15, 0.2) is 4.99 Å². The fourth-order valence-electron chi connectivity index (χ4n) is 2.46. The molecule has 0 aromatic heterocycles. The van der Waals surface area contributed by atoms with Crippen LogP contribution in [0.2, 0.25) is 0 Å². The fraction of sp³-hybridized carbons (Fsp3) is 0.923. The highest BCUT2D eigenvalue weighted by atomic mass is 15.3. The van der Waals surface area contributed by atoms with Gasteiger partial charge in [0, 0.05) is 25.7 Å². The number of aliphatic imine (C=N–C) groups is 1. The molecule has 92 valence electrons. The lowest BCUT2D eigenvalue weighted by atomic mass is 10.0. The van der Waals surface area contributed by atoms with E-state index < -0.39 is 0 Å². The smallest absolute Gasteiger partial charge is 0.194 e. The van der Waals surface area contributed by atoms with Crippen molar-refractivity contribution in [3.8, 4) is 0 Å². The first-order valence-corrected chi connectivity index (χ1v) is 6.76. The summed E-state index contributed by atoms with van der Waals surface area (Å²) in [7, 11) is 0. The van der Waals surface area contributed by atoms with Gasteiger partial charge in [0.05, 0.1) is 0 Å². The lowest BCUT2D eigenvalue weighted by Gasteiger charge is -2.33. The summed E-state index contributed by atoms with van der Waals surface area (Å²) in [6.07, 6.45) is 3.99. The molecule has 0 amide bonds. The van der Waals surface area contributed by atoms with Gasteiger partial charge in [0.2, 0.25) is 0 Å². The molecule has 1 aliphatic heterocycles. The third kappa shape index (κ3) is 2.89. The van der Waals surface area contributed by atoms with Crippen LogP contribution in [-0.2, 0) is 0 Å². The average Bonchev–Trinajstić information content (AvgIpc) is 2.94. The van der Waals surface area contributed by atoms with Crippen LogP contribution in [0.5, 0.6) is 0 Å². The van der Waals surface area contributed by atoms with Crippen LogP contribution in [0.3, 0.4) is 0 Å². The molecule has 2 rings (SSSR count). The van der Waals surface area contributed by atoms with Crippen LogP contribution in [-0.4, -0.2) is 36.5 Å². The lowest BCUT2D eigenvalue weighted by Crippen LogP contribution is -2.47. The van der Waals surface area contributed by atoms with Gasteiger partial charge in [-0.25, -0.2) is 0 Å². The summed E-state index contributed by atoms with van der Waals surface area (Å²) >= 11 is 0. The zero-order chi connectivity index (χ0) is 11.5. The van der Waals surface area contributed by atoms with Crippen molar-refractivity contribution in [2.45, 2.75) is 46.1 Å². The lowest BCUT2D eigenvalue weighted by molar-refractivity contribution is 0.265. The first-order chi connectivity index (χ1) is 7.70. The van der Waals surface area contributed by atoms with Gasteiger partial charge in [-0.05, 0) is 38.0 Å². The highest BCUT2D eigenvalue weighted by molar-refractivity contribution is 5.80. The SMILES string of the molecule is CCN=C(NC1CC1C)N1CCCC(C)C1. The zero-order valence-corrected chi connectivity index (χ0v) is 10.9. The van der Waals surface area contributed by atoms with Crippen molar-refractivity contribution in [1.29, 1.82) is 0 Å². The van der Waals surface area contributed by atoms with Crippen molar-refractivity contribution in [2.75, 3.05) is 19.6 Å². The molecule has 0 spiro atoms. The monoisotopic (exact) mass is 223 g/mol. The zero-order valence-electron chi connectivity index (χ0n) is 10.9. The number of piperidine rings is 1. The number of guanidine groups is 1. The summed E-state index contributed by atoms with van der Waals surface area (Å²) in [4.78, 5) is 7.08. The van der Waals surface area contributed by atoms with Gasteiger partial charge in [0.15, 0.2) is 5.96 Å². The van der Waals surface area contributed by atoms with Crippen LogP contribution >= 0.6 is 0 Å². The maximum absolute atomic E-state index is 4.63. The van der Waals surface area contributed by atoms with Crippen molar-refractivity contribution in [3.63, 3.8) is 0 Å². The molecule has 1 saturated carbocycles. The van der Waals surface area contributed by atoms with E-state index in [-0.39, 0.29) is 0 Å². The van der Waals surface area contributed by atoms with Crippen LogP contribution in [0.1, 0.15) is 40.0 Å². The Bertz CT molecular complexity index is 262. The predicted molar refractivity (Wildman–Crippen MR) is 68.7 cm³/mol. The maximum atomic E-state index is 4.63. The molecule has 1 N–H and O–H groups in total. The minimum absolute atomic E-state index is 0.683. The van der Waals surface area contributed by atoms with Crippen LogP contribution in [0, 0.1) is 11.8 Å². The van der Waals surface area contributed by atoms with Gasteiger partial charge >= 0.3 is 0 Å². The van der Waals surface area contributed by atoms with E-state index in [1.807, 2.05) is 0 Å². The molecule has 1 heterocycles. The number of likely N-dealkylation sites (tertiary alicyclic amines) is 1. The highest BCUT2D eigenvalue weighted by Gasteiger charge is 2.34. The first kappa shape index (κ1) is 11.7. The normalized spacial score (nSPS) is 35.1. The summed E-state index contributed by atoms with van der Waals surface area (Å²) in [6.45, 7) is 10.00. The molecule has 3 unspecified atom stereocenters. The van der Waals surface area contributed by atoms with Gasteiger partial charge < -0.3 is 10.2 Å². The van der Waals surface area contributed by atoms with Crippen molar-refractivity contribution < 1.29 is 0 Å². The van der Waals surface area contributed by atoms with E-state index in [2.05, 4.69) is 36.0 Å². The molecule has 0 aromatic carbocycles. The summed E-state index contributed by atoms with van der Waals surface area (Å²) < 4.78 is 0. The van der Waals surface area contributed by atoms with E-state index in [1.54, 1.807) is 0 Å². The topological polar surface area (TPSA) is 27.6 Å². The van der Waals surface area contributed by atoms with Gasteiger partial charge in [-0.3, -0.25) is 4.99 Å². The maximum Gasteiger partial charge on any atom is 0.194 e. The second kappa shape index (κ2) is 5.07. The van der Waals surface area contributed by atoms with Gasteiger partial charge in [-0.15, -0.1) is 0 Å². The van der Waals surface area contributed by atoms with E-state index in [9.17, 15) is 0 Å². The second-order valence-electron chi connectivity index (χ2n) is 5.46. The Labute approximate surface area is 99.3 Å². The Kier molecular flexibility index (Phi) is 3.72. The summed E-state index contributed by atoms with van der Waals surface area (Å²) in [5, 5.41) is 3.61. The van der Waals surface area contributed by atoms with Crippen molar-refractivity contribution in [2.24, 2.45) is 16.8 Å². The number of rotatable bonds is 2. The number of hydrogen-bond acceptors (Lipinski definition) is 1. The van der Waals surface area contributed by atoms with Crippen molar-refractivity contribution in [1.82, 2.24) is 10.2 Å². The molecule has 1 aliphatic carbocycles. The Morgan fingerprint density at radius 3 is 2.75 bits per heavy atom. The Balaban J connectivity index is 1.92. The summed E-state index contributed by atoms with van der Waals surface area (Å²) in [5.41, 5.74) is 0. The molecule has 0 bridgehead atoms. The van der Waals surface area contributed by atoms with E-state index in [0.29, 0.717) is 6.04 Å². The van der Waals surface area contributed by atoms with Crippen molar-refractivity contribution >= 4 is 5.96 Å². The Morgan fingerprint density at radius 2 is 2.19 bits per heavy atom. The molecular weight excluding hydrogens is 198 g/mol. The summed E-state index contributed by atoms with van der Waals surface area (Å²) in [5.74, 6) is 2.81. The van der Waals surface area contributed by atoms with E-state index in [0.717, 1.165) is 24.3 Å². The summed E-state index contributed by atoms with van der Waals surface area (Å²) in [6, 6.07) is 0.683. The number of nitrogens with zero attached hydrogens (tertiary/aromatic N) is 2. The third-order valence-electron chi connectivity index (χ3n) is 3.69. The van der Waals surface area contributed by atoms with Crippen LogP contribution < -0.4 is 5.32 Å². The van der Waals surface area contributed by atoms with Gasteiger partial charge in [0.1, 0.15) is 0 Å². The molecule has 0 radical (unpaired) electrons. The quantitative estimate of drug-likeness (QED) is 0.573. The second-order valence-corrected chi connectivity index (χ2v) is 5.46. The van der Waals surface area contributed by atoms with E-state index in [4.69, 9.17) is 0 Å². The van der Waals surface area contributed by atoms with E-state index >= 15 is 0 Å². The molecular formula is C13H25N3. The Hall–Kier alpha value is -0.730.